The fourth-order valence-electron chi connectivity index (χ4n) is 4.82. The lowest BCUT2D eigenvalue weighted by molar-refractivity contribution is 0.193. The minimum Gasteiger partial charge on any atom is -0.383 e. The van der Waals surface area contributed by atoms with Gasteiger partial charge in [-0.2, -0.15) is 14.9 Å². The summed E-state index contributed by atoms with van der Waals surface area (Å²) in [4.78, 5) is 8.46. The molecule has 4 aromatic rings. The number of anilines is 2. The van der Waals surface area contributed by atoms with E-state index in [-0.39, 0.29) is 5.41 Å². The van der Waals surface area contributed by atoms with Gasteiger partial charge in [0.05, 0.1) is 40.1 Å². The van der Waals surface area contributed by atoms with Crippen LogP contribution in [0.15, 0.2) is 36.7 Å². The largest absolute Gasteiger partial charge is 0.383 e. The minimum atomic E-state index is -0.703. The van der Waals surface area contributed by atoms with Crippen LogP contribution in [0.1, 0.15) is 68.6 Å². The van der Waals surface area contributed by atoms with Crippen molar-refractivity contribution >= 4 is 33.9 Å². The normalized spacial score (nSPS) is 15.1. The number of hydrogen-bond donors (Lipinski definition) is 2. The van der Waals surface area contributed by atoms with Gasteiger partial charge in [-0.1, -0.05) is 43.7 Å². The third-order valence-corrected chi connectivity index (χ3v) is 7.48. The number of nitriles is 2. The van der Waals surface area contributed by atoms with Crippen LogP contribution in [-0.2, 0) is 5.54 Å². The maximum Gasteiger partial charge on any atom is 0.213 e. The molecule has 40 heavy (non-hydrogen) atoms. The Bertz CT molecular complexity index is 1670. The molecule has 11 heteroatoms. The molecule has 0 saturated heterocycles. The Morgan fingerprint density at radius 1 is 1.23 bits per heavy atom. The van der Waals surface area contributed by atoms with Crippen LogP contribution in [0.5, 0.6) is 0 Å². The second kappa shape index (κ2) is 10.4. The van der Waals surface area contributed by atoms with E-state index in [4.69, 9.17) is 11.6 Å². The van der Waals surface area contributed by atoms with Crippen molar-refractivity contribution in [3.63, 3.8) is 0 Å². The van der Waals surface area contributed by atoms with Crippen LogP contribution in [0.25, 0.3) is 10.9 Å². The van der Waals surface area contributed by atoms with Gasteiger partial charge < -0.3 is 10.6 Å². The quantitative estimate of drug-likeness (QED) is 0.255. The Morgan fingerprint density at radius 3 is 2.62 bits per heavy atom. The highest BCUT2D eigenvalue weighted by molar-refractivity contribution is 6.35. The summed E-state index contributed by atoms with van der Waals surface area (Å²) in [5.74, 6) is -0.583. The zero-order valence-electron chi connectivity index (χ0n) is 22.8. The summed E-state index contributed by atoms with van der Waals surface area (Å²) in [7, 11) is 0. The molecule has 3 heterocycles. The van der Waals surface area contributed by atoms with E-state index in [1.807, 2.05) is 6.07 Å². The van der Waals surface area contributed by atoms with Crippen LogP contribution in [0, 0.1) is 40.9 Å². The molecule has 1 atom stereocenters. The highest BCUT2D eigenvalue weighted by atomic mass is 35.5. The summed E-state index contributed by atoms with van der Waals surface area (Å²) in [5.41, 5.74) is 3.24. The Morgan fingerprint density at radius 2 is 2.00 bits per heavy atom. The molecule has 9 nitrogen and oxygen atoms in total. The lowest BCUT2D eigenvalue weighted by Crippen LogP contribution is -2.39. The van der Waals surface area contributed by atoms with Crippen LogP contribution in [0.3, 0.4) is 0 Å². The second-order valence-corrected chi connectivity index (χ2v) is 11.8. The van der Waals surface area contributed by atoms with E-state index in [2.05, 4.69) is 63.8 Å². The zero-order valence-corrected chi connectivity index (χ0v) is 23.5. The number of pyridine rings is 2. The number of nitrogens with one attached hydrogen (secondary N) is 2. The zero-order chi connectivity index (χ0) is 28.7. The predicted molar refractivity (Wildman–Crippen MR) is 151 cm³/mol. The highest BCUT2D eigenvalue weighted by Crippen LogP contribution is 2.39. The molecule has 1 fully saturated rings. The Kier molecular flexibility index (Phi) is 7.07. The molecule has 0 amide bonds. The number of fused-ring (bicyclic) bond motifs is 1. The maximum atomic E-state index is 13.9. The molecule has 0 aliphatic heterocycles. The minimum absolute atomic E-state index is 0.0345. The summed E-state index contributed by atoms with van der Waals surface area (Å²) < 4.78 is 15.6. The first-order chi connectivity index (χ1) is 19.0. The van der Waals surface area contributed by atoms with Gasteiger partial charge >= 0.3 is 0 Å². The van der Waals surface area contributed by atoms with E-state index < -0.39 is 17.5 Å². The van der Waals surface area contributed by atoms with Crippen molar-refractivity contribution < 1.29 is 4.39 Å². The van der Waals surface area contributed by atoms with Crippen LogP contribution >= 0.6 is 11.6 Å². The molecule has 0 unspecified atom stereocenters. The molecule has 1 aliphatic carbocycles. The van der Waals surface area contributed by atoms with Crippen LogP contribution in [-0.4, -0.2) is 31.5 Å². The van der Waals surface area contributed by atoms with Crippen molar-refractivity contribution in [3.8, 4) is 12.1 Å². The topological polar surface area (TPSA) is 128 Å². The lowest BCUT2D eigenvalue weighted by atomic mass is 9.78. The van der Waals surface area contributed by atoms with Gasteiger partial charge in [-0.3, -0.25) is 4.98 Å². The Balaban J connectivity index is 1.61. The van der Waals surface area contributed by atoms with Crippen molar-refractivity contribution in [1.82, 2.24) is 25.0 Å². The van der Waals surface area contributed by atoms with Gasteiger partial charge in [0.1, 0.15) is 11.8 Å². The molecular weight excluding hydrogens is 529 g/mol. The molecule has 3 aromatic heterocycles. The maximum absolute atomic E-state index is 13.9. The average Bonchev–Trinajstić information content (AvgIpc) is 3.35. The number of benzene rings is 1. The molecule has 1 saturated carbocycles. The van der Waals surface area contributed by atoms with Crippen molar-refractivity contribution in [1.29, 1.82) is 10.5 Å². The SMILES string of the molecule is Cc1nc(F)ccc1[C@H](Nc1cc(Cl)c2ncc(C#N)c(NCC(C)(C)C)c2c1)c1cn(C2(C#N)CCC2)nn1. The smallest absolute Gasteiger partial charge is 0.213 e. The second-order valence-electron chi connectivity index (χ2n) is 11.4. The number of aryl methyl sites for hydroxylation is 1. The van der Waals surface area contributed by atoms with Gasteiger partial charge in [-0.25, -0.2) is 9.67 Å². The van der Waals surface area contributed by atoms with Crippen LogP contribution in [0.2, 0.25) is 5.02 Å². The number of rotatable bonds is 7. The number of halogens is 2. The molecule has 0 bridgehead atoms. The molecular formula is C29H29ClFN9. The van der Waals surface area contributed by atoms with E-state index in [0.717, 1.165) is 6.42 Å². The monoisotopic (exact) mass is 557 g/mol. The third kappa shape index (κ3) is 5.15. The Hall–Kier alpha value is -4.28. The fraction of sp³-hybridized carbons (Fsp3) is 0.379. The van der Waals surface area contributed by atoms with Crippen molar-refractivity contribution in [2.24, 2.45) is 5.41 Å². The van der Waals surface area contributed by atoms with E-state index in [1.54, 1.807) is 29.9 Å². The fourth-order valence-corrected chi connectivity index (χ4v) is 5.09. The van der Waals surface area contributed by atoms with Crippen molar-refractivity contribution in [2.45, 2.75) is 58.5 Å². The summed E-state index contributed by atoms with van der Waals surface area (Å²) in [6.45, 7) is 8.67. The molecule has 0 radical (unpaired) electrons. The van der Waals surface area contributed by atoms with Gasteiger partial charge in [0, 0.05) is 35.1 Å². The predicted octanol–water partition coefficient (Wildman–Crippen LogP) is 6.26. The number of aromatic nitrogens is 5. The van der Waals surface area contributed by atoms with E-state index >= 15 is 0 Å². The van der Waals surface area contributed by atoms with Gasteiger partial charge in [0.2, 0.25) is 5.95 Å². The van der Waals surface area contributed by atoms with Crippen LogP contribution in [0.4, 0.5) is 15.8 Å². The third-order valence-electron chi connectivity index (χ3n) is 7.19. The molecule has 1 aromatic carbocycles. The van der Waals surface area contributed by atoms with Gasteiger partial charge in [0.25, 0.3) is 0 Å². The highest BCUT2D eigenvalue weighted by Gasteiger charge is 2.41. The summed E-state index contributed by atoms with van der Waals surface area (Å²) >= 11 is 6.71. The molecule has 5 rings (SSSR count). The number of hydrogen-bond acceptors (Lipinski definition) is 8. The lowest BCUT2D eigenvalue weighted by Gasteiger charge is -2.34. The Labute approximate surface area is 237 Å². The molecule has 0 spiro atoms. The first kappa shape index (κ1) is 27.3. The molecule has 2 N–H and O–H groups in total. The summed E-state index contributed by atoms with van der Waals surface area (Å²) in [6, 6.07) is 10.6. The standard InChI is InChI=1S/C29H29ClFN9/c1-17-20(6-7-24(31)36-17)27(23-14-40(39-38-23)29(15-33)8-5-9-29)37-19-10-21-25(35-16-28(2,3)4)18(12-32)13-34-26(21)22(30)11-19/h6-7,10-11,13-14,27,37H,5,8-9,16H2,1-4H3,(H,34,35)/t27-/m0/s1. The van der Waals surface area contributed by atoms with Gasteiger partial charge in [-0.15, -0.1) is 5.10 Å². The number of nitrogens with zero attached hydrogens (tertiary/aromatic N) is 7. The van der Waals surface area contributed by atoms with E-state index in [0.29, 0.717) is 69.2 Å². The van der Waals surface area contributed by atoms with Crippen molar-refractivity contribution in [2.75, 3.05) is 17.2 Å². The van der Waals surface area contributed by atoms with Gasteiger partial charge in [0.15, 0.2) is 5.54 Å². The van der Waals surface area contributed by atoms with E-state index in [9.17, 15) is 14.9 Å². The summed E-state index contributed by atoms with van der Waals surface area (Å²) in [5, 5.41) is 36.3. The van der Waals surface area contributed by atoms with Gasteiger partial charge in [-0.05, 0) is 49.8 Å². The molecule has 1 aliphatic rings. The first-order valence-electron chi connectivity index (χ1n) is 13.0. The summed E-state index contributed by atoms with van der Waals surface area (Å²) in [6.07, 6.45) is 5.65. The van der Waals surface area contributed by atoms with Crippen molar-refractivity contribution in [3.05, 3.63) is 70.1 Å². The molecule has 204 valence electrons. The first-order valence-corrected chi connectivity index (χ1v) is 13.4. The average molecular weight is 558 g/mol. The van der Waals surface area contributed by atoms with Crippen LogP contribution < -0.4 is 10.6 Å². The van der Waals surface area contributed by atoms with E-state index in [1.165, 1.54) is 12.3 Å².